The molecule has 1 N–H and O–H groups in total. The standard InChI is InChI=1S/C11H10N3O4.Al/c1-16-8-5-7(14-11-12-3-4-18-11)6-13-9(8)10(15)17-2;/h3,5-6H,1-2H3,(H,12,14);. The third-order valence-electron chi connectivity index (χ3n) is 2.23. The van der Waals surface area contributed by atoms with Crippen molar-refractivity contribution in [2.45, 2.75) is 0 Å². The van der Waals surface area contributed by atoms with E-state index >= 15 is 0 Å². The fourth-order valence-corrected chi connectivity index (χ4v) is 1.57. The maximum absolute atomic E-state index is 11.4. The van der Waals surface area contributed by atoms with Crippen LogP contribution in [0.4, 0.5) is 11.7 Å². The highest BCUT2D eigenvalue weighted by atomic mass is 27.0. The molecule has 2 radical (unpaired) electrons. The molecule has 0 spiro atoms. The number of methoxy groups -OCH3 is 2. The molecular formula is C11H10AlN3O4. The predicted octanol–water partition coefficient (Wildman–Crippen LogP) is 0.402. The third kappa shape index (κ3) is 3.05. The summed E-state index contributed by atoms with van der Waals surface area (Å²) in [6.45, 7) is 0. The second kappa shape index (κ2) is 5.73. The van der Waals surface area contributed by atoms with Gasteiger partial charge >= 0.3 is 5.97 Å². The molecule has 0 bridgehead atoms. The Morgan fingerprint density at radius 3 is 2.74 bits per heavy atom. The fraction of sp³-hybridized carbons (Fsp3) is 0.182. The Balaban J connectivity index is 2.26. The zero-order valence-corrected chi connectivity index (χ0v) is 11.5. The van der Waals surface area contributed by atoms with E-state index in [0.29, 0.717) is 22.1 Å². The summed E-state index contributed by atoms with van der Waals surface area (Å²) < 4.78 is 15.5. The van der Waals surface area contributed by atoms with E-state index in [4.69, 9.17) is 9.15 Å². The Bertz CT molecular complexity index is 599. The van der Waals surface area contributed by atoms with Crippen LogP contribution in [0.25, 0.3) is 0 Å². The highest BCUT2D eigenvalue weighted by Crippen LogP contribution is 2.23. The van der Waals surface area contributed by atoms with Gasteiger partial charge in [0.05, 0.1) is 26.1 Å². The van der Waals surface area contributed by atoms with Gasteiger partial charge in [-0.15, -0.1) is 0 Å². The molecule has 96 valence electrons. The van der Waals surface area contributed by atoms with Crippen LogP contribution in [-0.2, 0) is 4.74 Å². The van der Waals surface area contributed by atoms with Crippen molar-refractivity contribution in [2.75, 3.05) is 19.5 Å². The van der Waals surface area contributed by atoms with Crippen molar-refractivity contribution < 1.29 is 18.7 Å². The lowest BCUT2D eigenvalue weighted by molar-refractivity contribution is 0.0590. The lowest BCUT2D eigenvalue weighted by Gasteiger charge is -2.08. The second-order valence-electron chi connectivity index (χ2n) is 3.46. The molecule has 0 aliphatic carbocycles. The molecule has 2 aromatic heterocycles. The number of hydrogen-bond donors (Lipinski definition) is 1. The van der Waals surface area contributed by atoms with Crippen molar-refractivity contribution >= 4 is 38.6 Å². The van der Waals surface area contributed by atoms with Crippen LogP contribution in [0.15, 0.2) is 22.9 Å². The summed E-state index contributed by atoms with van der Waals surface area (Å²) in [5, 5.41) is 2.90. The van der Waals surface area contributed by atoms with Gasteiger partial charge < -0.3 is 19.2 Å². The summed E-state index contributed by atoms with van der Waals surface area (Å²) in [5.41, 5.74) is 0.686. The molecule has 0 unspecified atom stereocenters. The molecule has 0 saturated carbocycles. The molecule has 2 rings (SSSR count). The molecule has 0 aromatic carbocycles. The molecule has 0 saturated heterocycles. The molecule has 0 aliphatic heterocycles. The number of nitrogens with zero attached hydrogens (tertiary/aromatic N) is 2. The molecule has 2 aromatic rings. The Labute approximate surface area is 117 Å². The topological polar surface area (TPSA) is 86.5 Å². The predicted molar refractivity (Wildman–Crippen MR) is 67.3 cm³/mol. The number of carbonyl (C=O) groups excluding carboxylic acids is 1. The van der Waals surface area contributed by atoms with Gasteiger partial charge in [0.15, 0.2) is 11.4 Å². The summed E-state index contributed by atoms with van der Waals surface area (Å²) in [5.74, 6) is -0.263. The van der Waals surface area contributed by atoms with Crippen LogP contribution in [0.3, 0.4) is 0 Å². The number of aromatic nitrogens is 2. The summed E-state index contributed by atoms with van der Waals surface area (Å²) in [6.07, 6.45) is 3.02. The summed E-state index contributed by atoms with van der Waals surface area (Å²) in [7, 11) is 2.72. The Morgan fingerprint density at radius 2 is 2.16 bits per heavy atom. The van der Waals surface area contributed by atoms with E-state index in [9.17, 15) is 4.79 Å². The number of ether oxygens (including phenoxy) is 2. The zero-order valence-electron chi connectivity index (χ0n) is 10.3. The van der Waals surface area contributed by atoms with E-state index in [0.717, 1.165) is 0 Å². The molecule has 19 heavy (non-hydrogen) atoms. The molecule has 2 heterocycles. The van der Waals surface area contributed by atoms with E-state index in [1.165, 1.54) is 20.4 Å². The summed E-state index contributed by atoms with van der Waals surface area (Å²) in [6, 6.07) is 1.92. The van der Waals surface area contributed by atoms with Crippen LogP contribution < -0.4 is 14.7 Å². The van der Waals surface area contributed by atoms with Crippen molar-refractivity contribution in [3.63, 3.8) is 0 Å². The zero-order chi connectivity index (χ0) is 13.8. The Hall–Kier alpha value is -2.04. The normalized spacial score (nSPS) is 10.0. The van der Waals surface area contributed by atoms with E-state index < -0.39 is 5.97 Å². The third-order valence-corrected chi connectivity index (χ3v) is 2.49. The van der Waals surface area contributed by atoms with Gasteiger partial charge in [-0.2, -0.15) is 0 Å². The van der Waals surface area contributed by atoms with Crippen LogP contribution >= 0.6 is 0 Å². The Morgan fingerprint density at radius 1 is 1.37 bits per heavy atom. The highest BCUT2D eigenvalue weighted by Gasteiger charge is 2.15. The number of esters is 1. The highest BCUT2D eigenvalue weighted by molar-refractivity contribution is 6.29. The van der Waals surface area contributed by atoms with E-state index in [2.05, 4.69) is 36.3 Å². The first-order chi connectivity index (χ1) is 9.13. The van der Waals surface area contributed by atoms with Gasteiger partial charge in [-0.05, 0) is 0 Å². The lowest BCUT2D eigenvalue weighted by atomic mass is 10.3. The molecule has 0 aliphatic rings. The number of hydrogen-bond acceptors (Lipinski definition) is 7. The minimum absolute atomic E-state index is 0.106. The van der Waals surface area contributed by atoms with Gasteiger partial charge in [0.25, 0.3) is 6.01 Å². The average molecular weight is 275 g/mol. The largest absolute Gasteiger partial charge is 0.494 e. The van der Waals surface area contributed by atoms with Crippen molar-refractivity contribution in [3.8, 4) is 5.75 Å². The molecular weight excluding hydrogens is 265 g/mol. The van der Waals surface area contributed by atoms with Crippen molar-refractivity contribution in [1.29, 1.82) is 0 Å². The van der Waals surface area contributed by atoms with Gasteiger partial charge in [0, 0.05) is 16.9 Å². The number of oxazole rings is 1. The summed E-state index contributed by atoms with van der Waals surface area (Å²) >= 11 is 2.39. The van der Waals surface area contributed by atoms with Crippen molar-refractivity contribution in [1.82, 2.24) is 9.97 Å². The van der Waals surface area contributed by atoms with Gasteiger partial charge in [0.2, 0.25) is 16.3 Å². The SMILES string of the molecule is COC(=O)c1ncc(Nc2nc[c]([Al])o2)cc1OC. The molecule has 0 atom stereocenters. The summed E-state index contributed by atoms with van der Waals surface area (Å²) in [4.78, 5) is 19.4. The number of anilines is 2. The maximum Gasteiger partial charge on any atom is 0.360 e. The minimum atomic E-state index is -0.563. The number of carbonyl (C=O) groups is 1. The maximum atomic E-state index is 11.4. The number of pyridine rings is 1. The van der Waals surface area contributed by atoms with Crippen LogP contribution in [0.2, 0.25) is 0 Å². The van der Waals surface area contributed by atoms with Crippen LogP contribution in [0.1, 0.15) is 10.5 Å². The Kier molecular flexibility index (Phi) is 4.04. The monoisotopic (exact) mass is 275 g/mol. The quantitative estimate of drug-likeness (QED) is 0.638. The first kappa shape index (κ1) is 13.4. The van der Waals surface area contributed by atoms with Crippen LogP contribution in [0.5, 0.6) is 5.75 Å². The van der Waals surface area contributed by atoms with E-state index in [1.54, 1.807) is 12.3 Å². The van der Waals surface area contributed by atoms with Gasteiger partial charge in [0.1, 0.15) is 0 Å². The first-order valence-electron chi connectivity index (χ1n) is 5.24. The van der Waals surface area contributed by atoms with Crippen molar-refractivity contribution in [2.24, 2.45) is 0 Å². The molecule has 7 nitrogen and oxygen atoms in total. The molecule has 0 fully saturated rings. The van der Waals surface area contributed by atoms with Crippen LogP contribution in [-0.4, -0.2) is 46.4 Å². The van der Waals surface area contributed by atoms with Gasteiger partial charge in [-0.25, -0.2) is 14.8 Å². The second-order valence-corrected chi connectivity index (χ2v) is 4.03. The van der Waals surface area contributed by atoms with E-state index in [1.807, 2.05) is 0 Å². The number of nitrogens with one attached hydrogen (secondary N) is 1. The van der Waals surface area contributed by atoms with Crippen LogP contribution in [0, 0.1) is 0 Å². The molecule has 8 heteroatoms. The number of rotatable bonds is 4. The average Bonchev–Trinajstić information content (AvgIpc) is 2.83. The van der Waals surface area contributed by atoms with E-state index in [-0.39, 0.29) is 5.69 Å². The lowest BCUT2D eigenvalue weighted by Crippen LogP contribution is -2.07. The van der Waals surface area contributed by atoms with Crippen molar-refractivity contribution in [3.05, 3.63) is 24.2 Å². The first-order valence-corrected chi connectivity index (χ1v) is 5.82. The smallest absolute Gasteiger partial charge is 0.360 e. The van der Waals surface area contributed by atoms with Gasteiger partial charge in [-0.1, -0.05) is 0 Å². The minimum Gasteiger partial charge on any atom is -0.494 e. The molecule has 0 amide bonds. The van der Waals surface area contributed by atoms with Gasteiger partial charge in [-0.3, -0.25) is 0 Å². The fourth-order valence-electron chi connectivity index (χ4n) is 1.39.